The Labute approximate surface area is 125 Å². The van der Waals surface area contributed by atoms with E-state index in [4.69, 9.17) is 9.15 Å². The highest BCUT2D eigenvalue weighted by atomic mass is 16.5. The van der Waals surface area contributed by atoms with E-state index in [0.29, 0.717) is 24.4 Å². The molecule has 6 nitrogen and oxygen atoms in total. The van der Waals surface area contributed by atoms with Crippen molar-refractivity contribution in [2.45, 2.75) is 26.0 Å². The molecule has 0 aromatic carbocycles. The number of hydrogen-bond donors (Lipinski definition) is 1. The van der Waals surface area contributed by atoms with Gasteiger partial charge in [-0.3, -0.25) is 9.80 Å². The summed E-state index contributed by atoms with van der Waals surface area (Å²) < 4.78 is 10.1. The molecule has 1 aromatic heterocycles. The van der Waals surface area contributed by atoms with E-state index in [-0.39, 0.29) is 5.97 Å². The van der Waals surface area contributed by atoms with Gasteiger partial charge in [0.2, 0.25) is 0 Å². The van der Waals surface area contributed by atoms with Gasteiger partial charge in [-0.2, -0.15) is 0 Å². The quantitative estimate of drug-likeness (QED) is 0.816. The van der Waals surface area contributed by atoms with E-state index in [1.54, 1.807) is 6.07 Å². The maximum Gasteiger partial charge on any atom is 0.341 e. The predicted octanol–water partition coefficient (Wildman–Crippen LogP) is 0.955. The summed E-state index contributed by atoms with van der Waals surface area (Å²) in [7, 11) is 1.37. The Morgan fingerprint density at radius 3 is 2.52 bits per heavy atom. The van der Waals surface area contributed by atoms with Gasteiger partial charge in [0, 0.05) is 32.7 Å². The van der Waals surface area contributed by atoms with E-state index in [0.717, 1.165) is 26.2 Å². The molecule has 0 bridgehead atoms. The number of aliphatic hydroxyl groups is 1. The van der Waals surface area contributed by atoms with Crippen molar-refractivity contribution in [3.05, 3.63) is 23.7 Å². The number of piperazine rings is 1. The van der Waals surface area contributed by atoms with Crippen molar-refractivity contribution in [3.8, 4) is 0 Å². The van der Waals surface area contributed by atoms with Gasteiger partial charge in [-0.1, -0.05) is 0 Å². The minimum absolute atomic E-state index is 0.362. The van der Waals surface area contributed by atoms with Crippen LogP contribution in [-0.2, 0) is 11.3 Å². The zero-order chi connectivity index (χ0) is 15.5. The minimum atomic E-state index is -0.665. The third-order valence-corrected chi connectivity index (χ3v) is 3.59. The molecule has 0 unspecified atom stereocenters. The summed E-state index contributed by atoms with van der Waals surface area (Å²) in [4.78, 5) is 16.1. The number of hydrogen-bond acceptors (Lipinski definition) is 6. The number of furan rings is 1. The molecule has 2 rings (SSSR count). The number of carbonyl (C=O) groups is 1. The van der Waals surface area contributed by atoms with Gasteiger partial charge in [0.25, 0.3) is 0 Å². The fourth-order valence-electron chi connectivity index (χ4n) is 2.61. The topological polar surface area (TPSA) is 66.2 Å². The Balaban J connectivity index is 1.87. The van der Waals surface area contributed by atoms with Crippen LogP contribution in [0, 0.1) is 0 Å². The van der Waals surface area contributed by atoms with Crippen molar-refractivity contribution in [2.75, 3.05) is 39.8 Å². The molecule has 1 aromatic rings. The zero-order valence-electron chi connectivity index (χ0n) is 13.0. The molecule has 0 amide bonds. The number of rotatable bonds is 5. The maximum absolute atomic E-state index is 11.6. The highest BCUT2D eigenvalue weighted by Crippen LogP contribution is 2.16. The van der Waals surface area contributed by atoms with Crippen LogP contribution in [0.1, 0.15) is 30.0 Å². The van der Waals surface area contributed by atoms with Crippen LogP contribution in [0.25, 0.3) is 0 Å². The van der Waals surface area contributed by atoms with E-state index in [9.17, 15) is 9.90 Å². The number of ether oxygens (including phenoxy) is 1. The first kappa shape index (κ1) is 16.0. The molecule has 1 N–H and O–H groups in total. The lowest BCUT2D eigenvalue weighted by Gasteiger charge is -2.37. The second-order valence-electron chi connectivity index (χ2n) is 6.11. The number of carbonyl (C=O) groups excluding carboxylic acids is 1. The Kier molecular flexibility index (Phi) is 5.03. The van der Waals surface area contributed by atoms with Crippen molar-refractivity contribution in [1.29, 1.82) is 0 Å². The van der Waals surface area contributed by atoms with E-state index in [1.807, 2.05) is 13.8 Å². The van der Waals surface area contributed by atoms with Gasteiger partial charge in [0.15, 0.2) is 0 Å². The third kappa shape index (κ3) is 4.56. The zero-order valence-corrected chi connectivity index (χ0v) is 13.0. The summed E-state index contributed by atoms with van der Waals surface area (Å²) >= 11 is 0. The molecular formula is C15H24N2O4. The Morgan fingerprint density at radius 2 is 1.95 bits per heavy atom. The molecule has 1 saturated heterocycles. The monoisotopic (exact) mass is 296 g/mol. The molecule has 6 heteroatoms. The molecular weight excluding hydrogens is 272 g/mol. The van der Waals surface area contributed by atoms with Gasteiger partial charge in [0.1, 0.15) is 11.3 Å². The normalized spacial score (nSPS) is 17.9. The first-order chi connectivity index (χ1) is 9.89. The van der Waals surface area contributed by atoms with Crippen LogP contribution < -0.4 is 0 Å². The predicted molar refractivity (Wildman–Crippen MR) is 78.1 cm³/mol. The van der Waals surface area contributed by atoms with Gasteiger partial charge < -0.3 is 14.3 Å². The van der Waals surface area contributed by atoms with Crippen LogP contribution in [0.15, 0.2) is 16.7 Å². The molecule has 0 aliphatic carbocycles. The van der Waals surface area contributed by atoms with Gasteiger partial charge in [0.05, 0.1) is 25.5 Å². The molecule has 2 heterocycles. The Bertz CT molecular complexity index is 470. The fourth-order valence-corrected chi connectivity index (χ4v) is 2.61. The Morgan fingerprint density at radius 1 is 1.33 bits per heavy atom. The second kappa shape index (κ2) is 6.60. The van der Waals surface area contributed by atoms with E-state index >= 15 is 0 Å². The molecule has 1 aliphatic rings. The van der Waals surface area contributed by atoms with Crippen LogP contribution >= 0.6 is 0 Å². The summed E-state index contributed by atoms with van der Waals surface area (Å²) in [5, 5.41) is 9.85. The third-order valence-electron chi connectivity index (χ3n) is 3.59. The lowest BCUT2D eigenvalue weighted by atomic mass is 10.1. The van der Waals surface area contributed by atoms with Crippen LogP contribution in [0.3, 0.4) is 0 Å². The molecule has 118 valence electrons. The van der Waals surface area contributed by atoms with Crippen LogP contribution in [0.4, 0.5) is 0 Å². The number of nitrogens with zero attached hydrogens (tertiary/aromatic N) is 2. The number of esters is 1. The smallest absolute Gasteiger partial charge is 0.341 e. The summed E-state index contributed by atoms with van der Waals surface area (Å²) in [6, 6.07) is 1.64. The van der Waals surface area contributed by atoms with Gasteiger partial charge in [-0.25, -0.2) is 4.79 Å². The first-order valence-corrected chi connectivity index (χ1v) is 7.21. The van der Waals surface area contributed by atoms with Crippen LogP contribution in [0.2, 0.25) is 0 Å². The first-order valence-electron chi connectivity index (χ1n) is 7.21. The average molecular weight is 296 g/mol. The lowest BCUT2D eigenvalue weighted by Crippen LogP contribution is -2.50. The minimum Gasteiger partial charge on any atom is -0.467 e. The van der Waals surface area contributed by atoms with Gasteiger partial charge in [-0.15, -0.1) is 0 Å². The van der Waals surface area contributed by atoms with Crippen molar-refractivity contribution in [2.24, 2.45) is 0 Å². The van der Waals surface area contributed by atoms with Crippen LogP contribution in [0.5, 0.6) is 0 Å². The van der Waals surface area contributed by atoms with Crippen molar-refractivity contribution in [1.82, 2.24) is 9.80 Å². The summed E-state index contributed by atoms with van der Waals surface area (Å²) in [5.74, 6) is 0.289. The largest absolute Gasteiger partial charge is 0.467 e. The van der Waals surface area contributed by atoms with Gasteiger partial charge in [-0.05, 0) is 19.9 Å². The number of methoxy groups -OCH3 is 1. The van der Waals surface area contributed by atoms with E-state index < -0.39 is 5.60 Å². The van der Waals surface area contributed by atoms with E-state index in [2.05, 4.69) is 9.80 Å². The molecule has 0 saturated carbocycles. The molecule has 21 heavy (non-hydrogen) atoms. The highest BCUT2D eigenvalue weighted by Gasteiger charge is 2.24. The molecule has 1 fully saturated rings. The second-order valence-corrected chi connectivity index (χ2v) is 6.11. The summed E-state index contributed by atoms with van der Waals surface area (Å²) in [6.45, 7) is 8.50. The highest BCUT2D eigenvalue weighted by molar-refractivity contribution is 5.90. The van der Waals surface area contributed by atoms with Crippen molar-refractivity contribution in [3.63, 3.8) is 0 Å². The molecule has 0 radical (unpaired) electrons. The summed E-state index contributed by atoms with van der Waals surface area (Å²) in [5.41, 5.74) is -0.169. The fraction of sp³-hybridized carbons (Fsp3) is 0.667. The summed E-state index contributed by atoms with van der Waals surface area (Å²) in [6.07, 6.45) is 1.52. The van der Waals surface area contributed by atoms with E-state index in [1.165, 1.54) is 13.4 Å². The number of β-amino-alcohol motifs (C(OH)–C–C–N with tert-alkyl or cyclic N) is 1. The van der Waals surface area contributed by atoms with Crippen molar-refractivity contribution >= 4 is 5.97 Å². The SMILES string of the molecule is COC(=O)c1ccoc1CN1CCN(CC(C)(C)O)CC1. The van der Waals surface area contributed by atoms with Crippen molar-refractivity contribution < 1.29 is 19.1 Å². The van der Waals surface area contributed by atoms with Gasteiger partial charge >= 0.3 is 5.97 Å². The molecule has 0 spiro atoms. The standard InChI is InChI=1S/C15H24N2O4/c1-15(2,19)11-17-7-5-16(6-8-17)10-13-12(4-9-21-13)14(18)20-3/h4,9,19H,5-8,10-11H2,1-3H3. The molecule has 1 aliphatic heterocycles. The molecule has 0 atom stereocenters. The van der Waals surface area contributed by atoms with Crippen LogP contribution in [-0.4, -0.2) is 66.3 Å². The lowest BCUT2D eigenvalue weighted by molar-refractivity contribution is 0.0156. The maximum atomic E-state index is 11.6. The average Bonchev–Trinajstić information content (AvgIpc) is 2.86. The Hall–Kier alpha value is -1.37.